The highest BCUT2D eigenvalue weighted by Crippen LogP contribution is 2.27. The normalized spacial score (nSPS) is 12.5. The van der Waals surface area contributed by atoms with Crippen molar-refractivity contribution >= 4 is 33.6 Å². The van der Waals surface area contributed by atoms with E-state index in [0.717, 1.165) is 21.0 Å². The van der Waals surface area contributed by atoms with E-state index in [2.05, 4.69) is 31.4 Å². The third-order valence-electron chi connectivity index (χ3n) is 3.00. The molecule has 1 aromatic heterocycles. The molecule has 118 valence electrons. The van der Waals surface area contributed by atoms with Gasteiger partial charge in [-0.3, -0.25) is 4.79 Å². The summed E-state index contributed by atoms with van der Waals surface area (Å²) < 4.78 is 2.90. The predicted octanol–water partition coefficient (Wildman–Crippen LogP) is 3.25. The van der Waals surface area contributed by atoms with Crippen LogP contribution in [0.25, 0.3) is 11.4 Å². The van der Waals surface area contributed by atoms with Crippen molar-refractivity contribution in [2.24, 2.45) is 7.05 Å². The molecule has 22 heavy (non-hydrogen) atoms. The molecule has 0 aliphatic rings. The van der Waals surface area contributed by atoms with Crippen LogP contribution in [0.3, 0.4) is 0 Å². The zero-order chi connectivity index (χ0) is 16.3. The SMILES string of the molecule is CC(C)NC(=O)[C@@H](C)Sc1nnc(-c2cccc(Br)c2)n1C. The Morgan fingerprint density at radius 1 is 1.32 bits per heavy atom. The van der Waals surface area contributed by atoms with Gasteiger partial charge in [0.1, 0.15) is 0 Å². The minimum atomic E-state index is -0.222. The minimum absolute atomic E-state index is 0.00649. The Hall–Kier alpha value is -1.34. The molecule has 0 bridgehead atoms. The van der Waals surface area contributed by atoms with Crippen LogP contribution in [0.4, 0.5) is 0 Å². The molecule has 7 heteroatoms. The Bertz CT molecular complexity index is 671. The second kappa shape index (κ2) is 7.28. The third-order valence-corrected chi connectivity index (χ3v) is 4.63. The molecular formula is C15H19BrN4OS. The molecule has 0 radical (unpaired) electrons. The zero-order valence-corrected chi connectivity index (χ0v) is 15.4. The van der Waals surface area contributed by atoms with Crippen molar-refractivity contribution in [1.82, 2.24) is 20.1 Å². The summed E-state index contributed by atoms with van der Waals surface area (Å²) in [5, 5.41) is 11.9. The fourth-order valence-corrected chi connectivity index (χ4v) is 3.13. The van der Waals surface area contributed by atoms with Crippen LogP contribution in [-0.4, -0.2) is 32.0 Å². The molecule has 1 N–H and O–H groups in total. The molecule has 0 fully saturated rings. The lowest BCUT2D eigenvalue weighted by Crippen LogP contribution is -2.36. The van der Waals surface area contributed by atoms with Gasteiger partial charge < -0.3 is 9.88 Å². The summed E-state index contributed by atoms with van der Waals surface area (Å²) in [5.41, 5.74) is 0.982. The Balaban J connectivity index is 2.16. The number of carbonyl (C=O) groups is 1. The number of hydrogen-bond acceptors (Lipinski definition) is 4. The van der Waals surface area contributed by atoms with Gasteiger partial charge >= 0.3 is 0 Å². The van der Waals surface area contributed by atoms with Crippen molar-refractivity contribution in [1.29, 1.82) is 0 Å². The van der Waals surface area contributed by atoms with Crippen LogP contribution in [0.5, 0.6) is 0 Å². The van der Waals surface area contributed by atoms with Crippen LogP contribution in [-0.2, 0) is 11.8 Å². The maximum Gasteiger partial charge on any atom is 0.233 e. The summed E-state index contributed by atoms with van der Waals surface area (Å²) in [4.78, 5) is 12.0. The van der Waals surface area contributed by atoms with Crippen molar-refractivity contribution < 1.29 is 4.79 Å². The average molecular weight is 383 g/mol. The smallest absolute Gasteiger partial charge is 0.233 e. The molecule has 0 spiro atoms. The summed E-state index contributed by atoms with van der Waals surface area (Å²) in [6, 6.07) is 8.03. The van der Waals surface area contributed by atoms with E-state index in [-0.39, 0.29) is 17.2 Å². The number of nitrogens with zero attached hydrogens (tertiary/aromatic N) is 3. The number of thioether (sulfide) groups is 1. The lowest BCUT2D eigenvalue weighted by Gasteiger charge is -2.13. The zero-order valence-electron chi connectivity index (χ0n) is 13.0. The van der Waals surface area contributed by atoms with Crippen molar-refractivity contribution in [3.8, 4) is 11.4 Å². The van der Waals surface area contributed by atoms with Gasteiger partial charge in [-0.2, -0.15) is 0 Å². The number of rotatable bonds is 5. The summed E-state index contributed by atoms with van der Waals surface area (Å²) in [7, 11) is 1.91. The number of nitrogens with one attached hydrogen (secondary N) is 1. The van der Waals surface area contributed by atoms with Crippen LogP contribution < -0.4 is 5.32 Å². The van der Waals surface area contributed by atoms with Crippen molar-refractivity contribution in [3.63, 3.8) is 0 Å². The summed E-state index contributed by atoms with van der Waals surface area (Å²) in [5.74, 6) is 0.785. The quantitative estimate of drug-likeness (QED) is 0.806. The molecule has 5 nitrogen and oxygen atoms in total. The number of carbonyl (C=O) groups excluding carboxylic acids is 1. The van der Waals surface area contributed by atoms with Crippen molar-refractivity contribution in [2.45, 2.75) is 37.2 Å². The molecule has 0 saturated carbocycles. The van der Waals surface area contributed by atoms with E-state index in [0.29, 0.717) is 0 Å². The highest BCUT2D eigenvalue weighted by molar-refractivity contribution is 9.10. The third kappa shape index (κ3) is 4.10. The molecule has 2 aromatic rings. The molecule has 1 atom stereocenters. The van der Waals surface area contributed by atoms with E-state index < -0.39 is 0 Å². The standard InChI is InChI=1S/C15H19BrN4OS/c1-9(2)17-14(21)10(3)22-15-19-18-13(20(15)4)11-6-5-7-12(16)8-11/h5-10H,1-4H3,(H,17,21)/t10-/m1/s1. The maximum atomic E-state index is 12.0. The van der Waals surface area contributed by atoms with Gasteiger partial charge in [0.15, 0.2) is 11.0 Å². The molecule has 0 unspecified atom stereocenters. The van der Waals surface area contributed by atoms with Gasteiger partial charge in [0.25, 0.3) is 0 Å². The molecule has 1 amide bonds. The van der Waals surface area contributed by atoms with Crippen LogP contribution in [0.1, 0.15) is 20.8 Å². The number of halogens is 1. The molecule has 0 aliphatic carbocycles. The van der Waals surface area contributed by atoms with E-state index in [1.807, 2.05) is 56.7 Å². The van der Waals surface area contributed by atoms with Crippen molar-refractivity contribution in [3.05, 3.63) is 28.7 Å². The fraction of sp³-hybridized carbons (Fsp3) is 0.400. The monoisotopic (exact) mass is 382 g/mol. The van der Waals surface area contributed by atoms with E-state index in [1.54, 1.807) is 0 Å². The number of hydrogen-bond donors (Lipinski definition) is 1. The fourth-order valence-electron chi connectivity index (χ4n) is 1.91. The van der Waals surface area contributed by atoms with Gasteiger partial charge in [-0.25, -0.2) is 0 Å². The lowest BCUT2D eigenvalue weighted by molar-refractivity contribution is -0.120. The predicted molar refractivity (Wildman–Crippen MR) is 92.7 cm³/mol. The highest BCUT2D eigenvalue weighted by atomic mass is 79.9. The Morgan fingerprint density at radius 3 is 2.68 bits per heavy atom. The minimum Gasteiger partial charge on any atom is -0.353 e. The van der Waals surface area contributed by atoms with Gasteiger partial charge in [0.05, 0.1) is 5.25 Å². The maximum absolute atomic E-state index is 12.0. The molecular weight excluding hydrogens is 364 g/mol. The Kier molecular flexibility index (Phi) is 5.63. The van der Waals surface area contributed by atoms with Crippen LogP contribution in [0.15, 0.2) is 33.9 Å². The average Bonchev–Trinajstić information content (AvgIpc) is 2.79. The second-order valence-electron chi connectivity index (χ2n) is 5.30. The summed E-state index contributed by atoms with van der Waals surface area (Å²) in [6.07, 6.45) is 0. The first-order chi connectivity index (χ1) is 10.4. The van der Waals surface area contributed by atoms with E-state index in [4.69, 9.17) is 0 Å². The van der Waals surface area contributed by atoms with Crippen LogP contribution in [0.2, 0.25) is 0 Å². The summed E-state index contributed by atoms with van der Waals surface area (Å²) in [6.45, 7) is 5.77. The molecule has 2 rings (SSSR count). The first-order valence-corrected chi connectivity index (χ1v) is 8.68. The van der Waals surface area contributed by atoms with Crippen LogP contribution in [0, 0.1) is 0 Å². The van der Waals surface area contributed by atoms with E-state index >= 15 is 0 Å². The first-order valence-electron chi connectivity index (χ1n) is 7.01. The Morgan fingerprint density at radius 2 is 2.05 bits per heavy atom. The Labute approximate surface area is 143 Å². The van der Waals surface area contributed by atoms with Gasteiger partial charge in [-0.15, -0.1) is 10.2 Å². The van der Waals surface area contributed by atoms with Gasteiger partial charge in [-0.1, -0.05) is 39.8 Å². The van der Waals surface area contributed by atoms with E-state index in [9.17, 15) is 4.79 Å². The largest absolute Gasteiger partial charge is 0.353 e. The summed E-state index contributed by atoms with van der Waals surface area (Å²) >= 11 is 4.86. The van der Waals surface area contributed by atoms with Gasteiger partial charge in [-0.05, 0) is 32.9 Å². The highest BCUT2D eigenvalue weighted by Gasteiger charge is 2.19. The van der Waals surface area contributed by atoms with Gasteiger partial charge in [0.2, 0.25) is 5.91 Å². The molecule has 0 aliphatic heterocycles. The number of amides is 1. The molecule has 1 heterocycles. The number of benzene rings is 1. The topological polar surface area (TPSA) is 59.8 Å². The molecule has 1 aromatic carbocycles. The van der Waals surface area contributed by atoms with Gasteiger partial charge in [0, 0.05) is 23.1 Å². The molecule has 0 saturated heterocycles. The second-order valence-corrected chi connectivity index (χ2v) is 7.52. The first kappa shape index (κ1) is 17.0. The lowest BCUT2D eigenvalue weighted by atomic mass is 10.2. The number of aromatic nitrogens is 3. The van der Waals surface area contributed by atoms with Crippen molar-refractivity contribution in [2.75, 3.05) is 0 Å². The van der Waals surface area contributed by atoms with Crippen LogP contribution >= 0.6 is 27.7 Å². The van der Waals surface area contributed by atoms with E-state index in [1.165, 1.54) is 11.8 Å².